The summed E-state index contributed by atoms with van der Waals surface area (Å²) in [7, 11) is 2.23. The Morgan fingerprint density at radius 3 is 2.53 bits per heavy atom. The second-order valence-electron chi connectivity index (χ2n) is 5.49. The van der Waals surface area contributed by atoms with Crippen molar-refractivity contribution >= 4 is 22.6 Å². The lowest BCUT2D eigenvalue weighted by molar-refractivity contribution is 0.129. The van der Waals surface area contributed by atoms with Crippen molar-refractivity contribution in [3.05, 3.63) is 33.4 Å². The Labute approximate surface area is 131 Å². The molecule has 0 amide bonds. The molecule has 0 N–H and O–H groups in total. The maximum absolute atomic E-state index is 2.69. The molecule has 1 heterocycles. The summed E-state index contributed by atoms with van der Waals surface area (Å²) >= 11 is 2.49. The summed E-state index contributed by atoms with van der Waals surface area (Å²) in [5.41, 5.74) is 1.50. The van der Waals surface area contributed by atoms with Gasteiger partial charge in [0.1, 0.15) is 0 Å². The molecule has 0 aromatic heterocycles. The van der Waals surface area contributed by atoms with Crippen LogP contribution in [-0.4, -0.2) is 43.0 Å². The number of likely N-dealkylation sites (N-methyl/N-ethyl adjacent to an activating group) is 1. The van der Waals surface area contributed by atoms with Gasteiger partial charge in [0.15, 0.2) is 0 Å². The van der Waals surface area contributed by atoms with E-state index in [1.165, 1.54) is 41.5 Å². The van der Waals surface area contributed by atoms with E-state index in [1.807, 2.05) is 0 Å². The maximum atomic E-state index is 2.69. The lowest BCUT2D eigenvalue weighted by Crippen LogP contribution is -2.40. The first kappa shape index (κ1) is 15.3. The van der Waals surface area contributed by atoms with Crippen LogP contribution in [0.3, 0.4) is 0 Å². The molecule has 2 nitrogen and oxygen atoms in total. The molecule has 1 aromatic rings. The fourth-order valence-electron chi connectivity index (χ4n) is 2.81. The minimum absolute atomic E-state index is 0.554. The molecule has 0 spiro atoms. The summed E-state index contributed by atoms with van der Waals surface area (Å²) < 4.78 is 1.40. The van der Waals surface area contributed by atoms with Gasteiger partial charge in [0.25, 0.3) is 0 Å². The first-order chi connectivity index (χ1) is 9.22. The summed E-state index contributed by atoms with van der Waals surface area (Å²) in [5.74, 6) is 0. The lowest BCUT2D eigenvalue weighted by atomic mass is 10.0. The molecule has 1 saturated heterocycles. The minimum atomic E-state index is 0.554. The normalized spacial score (nSPS) is 18.7. The predicted molar refractivity (Wildman–Crippen MR) is 90.5 cm³/mol. The Morgan fingerprint density at radius 2 is 1.89 bits per heavy atom. The van der Waals surface area contributed by atoms with Crippen molar-refractivity contribution in [1.82, 2.24) is 9.80 Å². The quantitative estimate of drug-likeness (QED) is 0.726. The third-order valence-electron chi connectivity index (χ3n) is 4.12. The third-order valence-corrected chi connectivity index (χ3v) is 5.10. The van der Waals surface area contributed by atoms with Crippen LogP contribution in [0.25, 0.3) is 0 Å². The summed E-state index contributed by atoms with van der Waals surface area (Å²) in [6.45, 7) is 7.01. The molecule has 106 valence electrons. The van der Waals surface area contributed by atoms with Crippen molar-refractivity contribution in [2.24, 2.45) is 0 Å². The van der Waals surface area contributed by atoms with E-state index in [1.54, 1.807) is 0 Å². The van der Waals surface area contributed by atoms with Gasteiger partial charge in [0.05, 0.1) is 0 Å². The highest BCUT2D eigenvalue weighted by Crippen LogP contribution is 2.28. The zero-order valence-electron chi connectivity index (χ0n) is 12.1. The summed E-state index contributed by atoms with van der Waals surface area (Å²) in [4.78, 5) is 5.12. The van der Waals surface area contributed by atoms with Crippen LogP contribution in [0, 0.1) is 3.57 Å². The topological polar surface area (TPSA) is 6.48 Å². The van der Waals surface area contributed by atoms with Gasteiger partial charge in [-0.3, -0.25) is 4.90 Å². The molecular weight excluding hydrogens is 347 g/mol. The van der Waals surface area contributed by atoms with Crippen LogP contribution in [0.5, 0.6) is 0 Å². The van der Waals surface area contributed by atoms with Crippen molar-refractivity contribution in [2.75, 3.05) is 33.2 Å². The zero-order chi connectivity index (χ0) is 13.7. The van der Waals surface area contributed by atoms with Gasteiger partial charge >= 0.3 is 0 Å². The monoisotopic (exact) mass is 372 g/mol. The molecule has 0 aliphatic carbocycles. The number of rotatable bonds is 5. The molecule has 0 bridgehead atoms. The third kappa shape index (κ3) is 4.17. The fraction of sp³-hybridized carbons (Fsp3) is 0.625. The molecule has 19 heavy (non-hydrogen) atoms. The smallest absolute Gasteiger partial charge is 0.0485 e. The molecular formula is C16H25IN2. The van der Waals surface area contributed by atoms with Gasteiger partial charge in [0.2, 0.25) is 0 Å². The van der Waals surface area contributed by atoms with Gasteiger partial charge in [-0.2, -0.15) is 0 Å². The van der Waals surface area contributed by atoms with Crippen LogP contribution >= 0.6 is 22.6 Å². The first-order valence-corrected chi connectivity index (χ1v) is 8.47. The molecule has 1 aliphatic heterocycles. The van der Waals surface area contributed by atoms with Crippen LogP contribution in [0.1, 0.15) is 37.8 Å². The highest BCUT2D eigenvalue weighted by Gasteiger charge is 2.24. The van der Waals surface area contributed by atoms with E-state index in [9.17, 15) is 0 Å². The fourth-order valence-corrected chi connectivity index (χ4v) is 3.56. The Bertz CT molecular complexity index is 388. The number of piperidine rings is 1. The Kier molecular flexibility index (Phi) is 6.10. The van der Waals surface area contributed by atoms with Crippen LogP contribution in [0.2, 0.25) is 0 Å². The van der Waals surface area contributed by atoms with E-state index < -0.39 is 0 Å². The molecule has 1 fully saturated rings. The molecule has 0 saturated carbocycles. The van der Waals surface area contributed by atoms with Crippen molar-refractivity contribution < 1.29 is 0 Å². The van der Waals surface area contributed by atoms with Gasteiger partial charge in [-0.15, -0.1) is 0 Å². The summed E-state index contributed by atoms with van der Waals surface area (Å²) in [5, 5.41) is 0. The lowest BCUT2D eigenvalue weighted by Gasteiger charge is -2.37. The molecule has 1 aromatic carbocycles. The van der Waals surface area contributed by atoms with Gasteiger partial charge < -0.3 is 4.90 Å². The average Bonchev–Trinajstić information content (AvgIpc) is 2.46. The van der Waals surface area contributed by atoms with Crippen LogP contribution in [0.15, 0.2) is 24.3 Å². The van der Waals surface area contributed by atoms with Crippen molar-refractivity contribution in [1.29, 1.82) is 0 Å². The first-order valence-electron chi connectivity index (χ1n) is 7.39. The minimum Gasteiger partial charge on any atom is -0.305 e. The van der Waals surface area contributed by atoms with Crippen molar-refractivity contribution in [3.8, 4) is 0 Å². The highest BCUT2D eigenvalue weighted by atomic mass is 127. The number of hydrogen-bond donors (Lipinski definition) is 0. The Hall–Kier alpha value is -0.130. The maximum Gasteiger partial charge on any atom is 0.0485 e. The van der Waals surface area contributed by atoms with E-state index in [-0.39, 0.29) is 0 Å². The van der Waals surface area contributed by atoms with Crippen LogP contribution in [0.4, 0.5) is 0 Å². The van der Waals surface area contributed by atoms with Crippen LogP contribution in [-0.2, 0) is 0 Å². The SMILES string of the molecule is CCN(C)CC(c1ccccc1I)N1CCCCC1. The summed E-state index contributed by atoms with van der Waals surface area (Å²) in [6, 6.07) is 9.42. The van der Waals surface area contributed by atoms with Gasteiger partial charge in [-0.25, -0.2) is 0 Å². The molecule has 1 atom stereocenters. The molecule has 1 unspecified atom stereocenters. The van der Waals surface area contributed by atoms with Gasteiger partial charge in [0, 0.05) is 16.2 Å². The molecule has 3 heteroatoms. The Balaban J connectivity index is 2.20. The molecule has 0 radical (unpaired) electrons. The highest BCUT2D eigenvalue weighted by molar-refractivity contribution is 14.1. The van der Waals surface area contributed by atoms with E-state index >= 15 is 0 Å². The van der Waals surface area contributed by atoms with Crippen molar-refractivity contribution in [2.45, 2.75) is 32.2 Å². The number of likely N-dealkylation sites (tertiary alicyclic amines) is 1. The average molecular weight is 372 g/mol. The number of nitrogens with zero attached hydrogens (tertiary/aromatic N) is 2. The second kappa shape index (κ2) is 7.60. The van der Waals surface area contributed by atoms with E-state index in [0.29, 0.717) is 6.04 Å². The van der Waals surface area contributed by atoms with Gasteiger partial charge in [-0.1, -0.05) is 31.5 Å². The number of benzene rings is 1. The van der Waals surface area contributed by atoms with E-state index in [4.69, 9.17) is 0 Å². The van der Waals surface area contributed by atoms with Crippen LogP contribution < -0.4 is 0 Å². The van der Waals surface area contributed by atoms with E-state index in [2.05, 4.69) is 70.6 Å². The summed E-state index contributed by atoms with van der Waals surface area (Å²) in [6.07, 6.45) is 4.12. The zero-order valence-corrected chi connectivity index (χ0v) is 14.3. The van der Waals surface area contributed by atoms with Gasteiger partial charge in [-0.05, 0) is 73.7 Å². The molecule has 1 aliphatic rings. The van der Waals surface area contributed by atoms with Crippen molar-refractivity contribution in [3.63, 3.8) is 0 Å². The molecule has 2 rings (SSSR count). The number of hydrogen-bond acceptors (Lipinski definition) is 2. The predicted octanol–water partition coefficient (Wildman–Crippen LogP) is 3.77. The number of halogens is 1. The second-order valence-corrected chi connectivity index (χ2v) is 6.65. The standard InChI is InChI=1S/C16H25IN2/c1-3-18(2)13-16(19-11-7-4-8-12-19)14-9-5-6-10-15(14)17/h5-6,9-10,16H,3-4,7-8,11-13H2,1-2H3. The Morgan fingerprint density at radius 1 is 1.21 bits per heavy atom. The van der Waals surface area contributed by atoms with E-state index in [0.717, 1.165) is 13.1 Å². The largest absolute Gasteiger partial charge is 0.305 e.